The zero-order chi connectivity index (χ0) is 16.4. The monoisotopic (exact) mass is 329 g/mol. The van der Waals surface area contributed by atoms with E-state index in [2.05, 4.69) is 0 Å². The van der Waals surface area contributed by atoms with E-state index in [4.69, 9.17) is 16.3 Å². The summed E-state index contributed by atoms with van der Waals surface area (Å²) in [5.41, 5.74) is 0.950. The molecule has 0 saturated carbocycles. The molecule has 1 heterocycles. The summed E-state index contributed by atoms with van der Waals surface area (Å²) in [5.74, 6) is 0.248. The number of amides is 2. The van der Waals surface area contributed by atoms with Crippen LogP contribution in [0.25, 0.3) is 0 Å². The van der Waals surface area contributed by atoms with Crippen LogP contribution in [0.5, 0.6) is 5.75 Å². The van der Waals surface area contributed by atoms with Crippen molar-refractivity contribution in [1.29, 1.82) is 0 Å². The number of ether oxygens (including phenoxy) is 1. The lowest BCUT2D eigenvalue weighted by Gasteiger charge is -2.22. The Morgan fingerprint density at radius 1 is 1.00 bits per heavy atom. The van der Waals surface area contributed by atoms with E-state index in [1.54, 1.807) is 48.5 Å². The molecule has 0 N–H and O–H groups in total. The molecule has 0 saturated heterocycles. The first-order chi connectivity index (χ1) is 11.1. The Kier molecular flexibility index (Phi) is 4.35. The van der Waals surface area contributed by atoms with Gasteiger partial charge in [0, 0.05) is 17.5 Å². The smallest absolute Gasteiger partial charge is 0.261 e. The molecule has 0 fully saturated rings. The van der Waals surface area contributed by atoms with Gasteiger partial charge in [0.15, 0.2) is 0 Å². The van der Waals surface area contributed by atoms with Gasteiger partial charge in [-0.2, -0.15) is 0 Å². The fourth-order valence-electron chi connectivity index (χ4n) is 2.62. The third kappa shape index (κ3) is 3.08. The maximum atomic E-state index is 12.4. The molecule has 118 valence electrons. The van der Waals surface area contributed by atoms with Crippen molar-refractivity contribution in [3.05, 3.63) is 64.7 Å². The first kappa shape index (κ1) is 15.6. The van der Waals surface area contributed by atoms with Crippen LogP contribution in [-0.2, 0) is 0 Å². The molecule has 3 rings (SSSR count). The maximum Gasteiger partial charge on any atom is 0.261 e. The van der Waals surface area contributed by atoms with Crippen LogP contribution in [-0.4, -0.2) is 29.4 Å². The van der Waals surface area contributed by atoms with Gasteiger partial charge in [-0.3, -0.25) is 14.5 Å². The number of halogens is 1. The Balaban J connectivity index is 1.61. The average molecular weight is 330 g/mol. The first-order valence-electron chi connectivity index (χ1n) is 7.43. The molecule has 1 aliphatic heterocycles. The molecule has 0 spiro atoms. The van der Waals surface area contributed by atoms with Crippen LogP contribution in [0.1, 0.15) is 34.1 Å². The summed E-state index contributed by atoms with van der Waals surface area (Å²) in [4.78, 5) is 26.1. The molecule has 5 heteroatoms. The van der Waals surface area contributed by atoms with Crippen LogP contribution in [0.4, 0.5) is 0 Å². The minimum absolute atomic E-state index is 0.227. The van der Waals surface area contributed by atoms with Crippen molar-refractivity contribution in [1.82, 2.24) is 4.90 Å². The van der Waals surface area contributed by atoms with E-state index in [0.717, 1.165) is 0 Å². The van der Waals surface area contributed by atoms with E-state index in [0.29, 0.717) is 34.9 Å². The van der Waals surface area contributed by atoms with Gasteiger partial charge in [-0.25, -0.2) is 0 Å². The second-order valence-corrected chi connectivity index (χ2v) is 5.90. The number of fused-ring (bicyclic) bond motifs is 1. The van der Waals surface area contributed by atoms with Crippen molar-refractivity contribution >= 4 is 23.4 Å². The molecule has 0 aromatic heterocycles. The van der Waals surface area contributed by atoms with Gasteiger partial charge in [-0.1, -0.05) is 23.7 Å². The van der Waals surface area contributed by atoms with Crippen molar-refractivity contribution in [2.75, 3.05) is 6.61 Å². The van der Waals surface area contributed by atoms with Gasteiger partial charge in [0.2, 0.25) is 0 Å². The molecule has 4 nitrogen and oxygen atoms in total. The maximum absolute atomic E-state index is 12.4. The van der Waals surface area contributed by atoms with Crippen LogP contribution in [0.15, 0.2) is 48.5 Å². The highest BCUT2D eigenvalue weighted by molar-refractivity contribution is 6.30. The molecule has 2 aromatic carbocycles. The third-order valence-corrected chi connectivity index (χ3v) is 4.14. The summed E-state index contributed by atoms with van der Waals surface area (Å²) in [6.07, 6.45) is 0.564. The third-order valence-electron chi connectivity index (χ3n) is 3.88. The lowest BCUT2D eigenvalue weighted by Crippen LogP contribution is -2.38. The standard InChI is InChI=1S/C18H16ClNO3/c1-12(10-11-23-14-8-6-13(19)7-9-14)20-17(21)15-4-2-3-5-16(15)18(20)22/h2-9,12H,10-11H2,1H3/t12-/m0/s1. The molecule has 1 atom stereocenters. The summed E-state index contributed by atoms with van der Waals surface area (Å²) >= 11 is 5.82. The van der Waals surface area contributed by atoms with Gasteiger partial charge >= 0.3 is 0 Å². The Bertz CT molecular complexity index is 707. The number of nitrogens with zero attached hydrogens (tertiary/aromatic N) is 1. The van der Waals surface area contributed by atoms with E-state index in [1.165, 1.54) is 4.90 Å². The van der Waals surface area contributed by atoms with Gasteiger partial charge in [-0.05, 0) is 43.3 Å². The molecule has 0 unspecified atom stereocenters. The summed E-state index contributed by atoms with van der Waals surface area (Å²) in [7, 11) is 0. The Morgan fingerprint density at radius 3 is 2.13 bits per heavy atom. The van der Waals surface area contributed by atoms with Gasteiger partial charge in [0.25, 0.3) is 11.8 Å². The fourth-order valence-corrected chi connectivity index (χ4v) is 2.74. The predicted octanol–water partition coefficient (Wildman–Crippen LogP) is 3.79. The SMILES string of the molecule is C[C@@H](CCOc1ccc(Cl)cc1)N1C(=O)c2ccccc2C1=O. The molecule has 0 aliphatic carbocycles. The lowest BCUT2D eigenvalue weighted by molar-refractivity contribution is 0.0579. The topological polar surface area (TPSA) is 46.6 Å². The first-order valence-corrected chi connectivity index (χ1v) is 7.81. The van der Waals surface area contributed by atoms with Crippen LogP contribution in [0, 0.1) is 0 Å². The lowest BCUT2D eigenvalue weighted by atomic mass is 10.1. The summed E-state index contributed by atoms with van der Waals surface area (Å²) in [6, 6.07) is 13.8. The van der Waals surface area contributed by atoms with Crippen molar-refractivity contribution in [2.24, 2.45) is 0 Å². The van der Waals surface area contributed by atoms with E-state index in [9.17, 15) is 9.59 Å². The van der Waals surface area contributed by atoms with Crippen molar-refractivity contribution in [3.63, 3.8) is 0 Å². The zero-order valence-corrected chi connectivity index (χ0v) is 13.4. The Morgan fingerprint density at radius 2 is 1.57 bits per heavy atom. The highest BCUT2D eigenvalue weighted by Crippen LogP contribution is 2.25. The molecule has 1 aliphatic rings. The molecule has 23 heavy (non-hydrogen) atoms. The minimum atomic E-state index is -0.232. The predicted molar refractivity (Wildman–Crippen MR) is 88.0 cm³/mol. The van der Waals surface area contributed by atoms with E-state index in [1.807, 2.05) is 6.92 Å². The van der Waals surface area contributed by atoms with Crippen molar-refractivity contribution < 1.29 is 14.3 Å². The molecular formula is C18H16ClNO3. The van der Waals surface area contributed by atoms with Gasteiger partial charge < -0.3 is 4.74 Å². The molecule has 0 bridgehead atoms. The number of benzene rings is 2. The van der Waals surface area contributed by atoms with Crippen LogP contribution < -0.4 is 4.74 Å². The normalized spacial score (nSPS) is 14.8. The van der Waals surface area contributed by atoms with Gasteiger partial charge in [-0.15, -0.1) is 0 Å². The highest BCUT2D eigenvalue weighted by atomic mass is 35.5. The number of hydrogen-bond acceptors (Lipinski definition) is 3. The average Bonchev–Trinajstić information content (AvgIpc) is 2.81. The number of carbonyl (C=O) groups is 2. The van der Waals surface area contributed by atoms with Crippen LogP contribution >= 0.6 is 11.6 Å². The molecular weight excluding hydrogens is 314 g/mol. The van der Waals surface area contributed by atoms with Crippen molar-refractivity contribution in [3.8, 4) is 5.75 Å². The molecule has 0 radical (unpaired) electrons. The van der Waals surface area contributed by atoms with Gasteiger partial charge in [0.05, 0.1) is 17.7 Å². The second kappa shape index (κ2) is 6.42. The highest BCUT2D eigenvalue weighted by Gasteiger charge is 2.37. The number of imide groups is 1. The largest absolute Gasteiger partial charge is 0.494 e. The van der Waals surface area contributed by atoms with E-state index >= 15 is 0 Å². The Labute approximate surface area is 139 Å². The second-order valence-electron chi connectivity index (χ2n) is 5.47. The zero-order valence-electron chi connectivity index (χ0n) is 12.7. The van der Waals surface area contributed by atoms with Gasteiger partial charge in [0.1, 0.15) is 5.75 Å². The van der Waals surface area contributed by atoms with Crippen LogP contribution in [0.2, 0.25) is 5.02 Å². The molecule has 2 amide bonds. The Hall–Kier alpha value is -2.33. The van der Waals surface area contributed by atoms with E-state index < -0.39 is 0 Å². The molecule has 2 aromatic rings. The summed E-state index contributed by atoms with van der Waals surface area (Å²) < 4.78 is 5.63. The summed E-state index contributed by atoms with van der Waals surface area (Å²) in [6.45, 7) is 2.27. The number of carbonyl (C=O) groups excluding carboxylic acids is 2. The quantitative estimate of drug-likeness (QED) is 0.784. The van der Waals surface area contributed by atoms with Crippen molar-refractivity contribution in [2.45, 2.75) is 19.4 Å². The van der Waals surface area contributed by atoms with Crippen LogP contribution in [0.3, 0.4) is 0 Å². The minimum Gasteiger partial charge on any atom is -0.494 e. The van der Waals surface area contributed by atoms with E-state index in [-0.39, 0.29) is 17.9 Å². The fraction of sp³-hybridized carbons (Fsp3) is 0.222. The summed E-state index contributed by atoms with van der Waals surface area (Å²) in [5, 5.41) is 0.650. The number of hydrogen-bond donors (Lipinski definition) is 0. The number of rotatable bonds is 5.